The maximum atomic E-state index is 10.1. The lowest BCUT2D eigenvalue weighted by Gasteiger charge is -2.17. The summed E-state index contributed by atoms with van der Waals surface area (Å²) in [7, 11) is 4.07. The molecule has 3 nitrogen and oxygen atoms in total. The maximum absolute atomic E-state index is 10.1. The Morgan fingerprint density at radius 3 is 2.14 bits per heavy atom. The zero-order valence-corrected chi connectivity index (χ0v) is 17.4. The van der Waals surface area contributed by atoms with Gasteiger partial charge in [0.25, 0.3) is 0 Å². The van der Waals surface area contributed by atoms with E-state index in [2.05, 4.69) is 54.3 Å². The molecule has 0 aliphatic heterocycles. The van der Waals surface area contributed by atoms with E-state index in [0.717, 1.165) is 35.4 Å². The molecule has 0 saturated heterocycles. The standard InChI is InChI=1S/C26H29NO2/c1-4-25(20-9-6-5-7-10-20)26(22-11-8-12-23(28)19-22)21-13-15-24(16-14-21)29-18-17-27(2)3/h5-16,19,28H,4,17-18H2,1-3H3/b26-25-. The molecule has 0 radical (unpaired) electrons. The molecule has 29 heavy (non-hydrogen) atoms. The minimum atomic E-state index is 0.271. The molecule has 0 aliphatic carbocycles. The molecule has 0 aromatic heterocycles. The Labute approximate surface area is 173 Å². The van der Waals surface area contributed by atoms with Gasteiger partial charge in [-0.3, -0.25) is 0 Å². The van der Waals surface area contributed by atoms with E-state index in [1.54, 1.807) is 6.07 Å². The molecule has 0 heterocycles. The van der Waals surface area contributed by atoms with E-state index >= 15 is 0 Å². The van der Waals surface area contributed by atoms with Crippen molar-refractivity contribution in [2.75, 3.05) is 27.2 Å². The minimum absolute atomic E-state index is 0.271. The summed E-state index contributed by atoms with van der Waals surface area (Å²) < 4.78 is 5.85. The summed E-state index contributed by atoms with van der Waals surface area (Å²) in [5, 5.41) is 10.1. The van der Waals surface area contributed by atoms with Crippen LogP contribution in [0.25, 0.3) is 11.1 Å². The molecule has 0 aliphatic rings. The van der Waals surface area contributed by atoms with Crippen LogP contribution >= 0.6 is 0 Å². The van der Waals surface area contributed by atoms with Gasteiger partial charge in [0.15, 0.2) is 0 Å². The van der Waals surface area contributed by atoms with Crippen LogP contribution in [0.15, 0.2) is 78.9 Å². The highest BCUT2D eigenvalue weighted by Gasteiger charge is 2.13. The highest BCUT2D eigenvalue weighted by Crippen LogP contribution is 2.35. The predicted octanol–water partition coefficient (Wildman–Crippen LogP) is 5.70. The van der Waals surface area contributed by atoms with E-state index in [9.17, 15) is 5.11 Å². The first kappa shape index (κ1) is 20.7. The Bertz CT molecular complexity index is 944. The molecule has 0 amide bonds. The first-order chi connectivity index (χ1) is 14.1. The Morgan fingerprint density at radius 2 is 1.52 bits per heavy atom. The fourth-order valence-corrected chi connectivity index (χ4v) is 3.41. The van der Waals surface area contributed by atoms with Crippen LogP contribution in [0.3, 0.4) is 0 Å². The Morgan fingerprint density at radius 1 is 0.828 bits per heavy atom. The number of benzene rings is 3. The zero-order chi connectivity index (χ0) is 20.6. The van der Waals surface area contributed by atoms with Crippen LogP contribution in [0, 0.1) is 0 Å². The number of rotatable bonds is 8. The van der Waals surface area contributed by atoms with Gasteiger partial charge in [-0.15, -0.1) is 0 Å². The van der Waals surface area contributed by atoms with Gasteiger partial charge in [-0.25, -0.2) is 0 Å². The van der Waals surface area contributed by atoms with Crippen LogP contribution in [0.4, 0.5) is 0 Å². The van der Waals surface area contributed by atoms with Crippen molar-refractivity contribution in [3.05, 3.63) is 95.6 Å². The predicted molar refractivity (Wildman–Crippen MR) is 121 cm³/mol. The normalized spacial score (nSPS) is 12.0. The highest BCUT2D eigenvalue weighted by atomic mass is 16.5. The lowest BCUT2D eigenvalue weighted by atomic mass is 9.88. The molecule has 0 spiro atoms. The lowest BCUT2D eigenvalue weighted by Crippen LogP contribution is -2.19. The molecule has 0 unspecified atom stereocenters. The first-order valence-corrected chi connectivity index (χ1v) is 10.0. The first-order valence-electron chi connectivity index (χ1n) is 10.0. The summed E-state index contributed by atoms with van der Waals surface area (Å²) in [6, 6.07) is 26.2. The Balaban J connectivity index is 2.03. The van der Waals surface area contributed by atoms with Gasteiger partial charge >= 0.3 is 0 Å². The van der Waals surface area contributed by atoms with E-state index in [-0.39, 0.29) is 5.75 Å². The van der Waals surface area contributed by atoms with E-state index in [0.29, 0.717) is 6.61 Å². The van der Waals surface area contributed by atoms with E-state index < -0.39 is 0 Å². The molecular weight excluding hydrogens is 358 g/mol. The van der Waals surface area contributed by atoms with Crippen molar-refractivity contribution in [1.29, 1.82) is 0 Å². The van der Waals surface area contributed by atoms with Gasteiger partial charge in [-0.05, 0) is 72.6 Å². The Kier molecular flexibility index (Phi) is 7.09. The number of likely N-dealkylation sites (N-methyl/N-ethyl adjacent to an activating group) is 1. The third-order valence-corrected chi connectivity index (χ3v) is 4.86. The van der Waals surface area contributed by atoms with Crippen LogP contribution in [0.1, 0.15) is 30.0 Å². The van der Waals surface area contributed by atoms with E-state index in [1.807, 2.05) is 44.4 Å². The molecule has 0 bridgehead atoms. The second-order valence-corrected chi connectivity index (χ2v) is 7.30. The minimum Gasteiger partial charge on any atom is -0.508 e. The van der Waals surface area contributed by atoms with Gasteiger partial charge < -0.3 is 14.7 Å². The molecule has 3 heteroatoms. The summed E-state index contributed by atoms with van der Waals surface area (Å²) in [4.78, 5) is 2.10. The van der Waals surface area contributed by atoms with Crippen molar-refractivity contribution in [3.8, 4) is 11.5 Å². The van der Waals surface area contributed by atoms with Gasteiger partial charge in [0.05, 0.1) is 0 Å². The zero-order valence-electron chi connectivity index (χ0n) is 17.4. The molecule has 3 aromatic carbocycles. The highest BCUT2D eigenvalue weighted by molar-refractivity contribution is 5.98. The summed E-state index contributed by atoms with van der Waals surface area (Å²) in [6.45, 7) is 3.71. The van der Waals surface area contributed by atoms with Gasteiger partial charge in [-0.1, -0.05) is 61.5 Å². The van der Waals surface area contributed by atoms with Crippen molar-refractivity contribution in [2.24, 2.45) is 0 Å². The topological polar surface area (TPSA) is 32.7 Å². The van der Waals surface area contributed by atoms with Gasteiger partial charge in [0.1, 0.15) is 18.1 Å². The number of hydrogen-bond acceptors (Lipinski definition) is 3. The molecule has 1 N–H and O–H groups in total. The second kappa shape index (κ2) is 9.94. The lowest BCUT2D eigenvalue weighted by molar-refractivity contribution is 0.261. The number of ether oxygens (including phenoxy) is 1. The van der Waals surface area contributed by atoms with Crippen molar-refractivity contribution in [1.82, 2.24) is 4.90 Å². The summed E-state index contributed by atoms with van der Waals surface area (Å²) in [5.41, 5.74) is 5.69. The molecule has 150 valence electrons. The van der Waals surface area contributed by atoms with Gasteiger partial charge in [0, 0.05) is 6.54 Å². The molecule has 0 atom stereocenters. The summed E-state index contributed by atoms with van der Waals surface area (Å²) in [5.74, 6) is 1.13. The van der Waals surface area contributed by atoms with Gasteiger partial charge in [0.2, 0.25) is 0 Å². The van der Waals surface area contributed by atoms with Crippen molar-refractivity contribution in [2.45, 2.75) is 13.3 Å². The average molecular weight is 388 g/mol. The number of phenols is 1. The molecular formula is C26H29NO2. The monoisotopic (exact) mass is 387 g/mol. The third-order valence-electron chi connectivity index (χ3n) is 4.86. The summed E-state index contributed by atoms with van der Waals surface area (Å²) in [6.07, 6.45) is 0.885. The molecule has 3 aromatic rings. The third kappa shape index (κ3) is 5.49. The fourth-order valence-electron chi connectivity index (χ4n) is 3.41. The van der Waals surface area contributed by atoms with Crippen LogP contribution in [0.5, 0.6) is 11.5 Å². The van der Waals surface area contributed by atoms with Gasteiger partial charge in [-0.2, -0.15) is 0 Å². The molecule has 0 fully saturated rings. The van der Waals surface area contributed by atoms with Crippen molar-refractivity contribution in [3.63, 3.8) is 0 Å². The van der Waals surface area contributed by atoms with E-state index in [1.165, 1.54) is 11.1 Å². The molecule has 0 saturated carbocycles. The smallest absolute Gasteiger partial charge is 0.119 e. The second-order valence-electron chi connectivity index (χ2n) is 7.30. The number of allylic oxidation sites excluding steroid dienone is 1. The van der Waals surface area contributed by atoms with Crippen molar-refractivity contribution >= 4 is 11.1 Å². The number of aromatic hydroxyl groups is 1. The number of hydrogen-bond donors (Lipinski definition) is 1. The SMILES string of the molecule is CC/C(=C(\c1ccc(OCCN(C)C)cc1)c1cccc(O)c1)c1ccccc1. The maximum Gasteiger partial charge on any atom is 0.119 e. The average Bonchev–Trinajstić information content (AvgIpc) is 2.73. The fraction of sp³-hybridized carbons (Fsp3) is 0.231. The summed E-state index contributed by atoms with van der Waals surface area (Å²) >= 11 is 0. The van der Waals surface area contributed by atoms with Crippen LogP contribution < -0.4 is 4.74 Å². The van der Waals surface area contributed by atoms with Crippen LogP contribution in [0.2, 0.25) is 0 Å². The van der Waals surface area contributed by atoms with Crippen LogP contribution in [-0.2, 0) is 0 Å². The quantitative estimate of drug-likeness (QED) is 0.503. The number of phenolic OH excluding ortho intramolecular Hbond substituents is 1. The van der Waals surface area contributed by atoms with Crippen molar-refractivity contribution < 1.29 is 9.84 Å². The Hall–Kier alpha value is -3.04. The van der Waals surface area contributed by atoms with E-state index in [4.69, 9.17) is 4.74 Å². The number of nitrogens with zero attached hydrogens (tertiary/aromatic N) is 1. The molecule has 3 rings (SSSR count). The largest absolute Gasteiger partial charge is 0.508 e. The van der Waals surface area contributed by atoms with Crippen LogP contribution in [-0.4, -0.2) is 37.3 Å².